The Kier molecular flexibility index (Phi) is 5.17. The van der Waals surface area contributed by atoms with Gasteiger partial charge in [-0.15, -0.1) is 0 Å². The number of carbonyl (C=O) groups excluding carboxylic acids is 1. The van der Waals surface area contributed by atoms with E-state index in [1.165, 1.54) is 12.8 Å². The van der Waals surface area contributed by atoms with Crippen molar-refractivity contribution < 1.29 is 14.7 Å². The van der Waals surface area contributed by atoms with Crippen LogP contribution in [-0.2, 0) is 9.59 Å². The van der Waals surface area contributed by atoms with Gasteiger partial charge in [0.2, 0.25) is 5.91 Å². The summed E-state index contributed by atoms with van der Waals surface area (Å²) in [5.41, 5.74) is -0.478. The third kappa shape index (κ3) is 6.03. The minimum Gasteiger partial charge on any atom is -0.481 e. The molecule has 0 bridgehead atoms. The van der Waals surface area contributed by atoms with Crippen molar-refractivity contribution in [3.63, 3.8) is 0 Å². The van der Waals surface area contributed by atoms with Crippen LogP contribution in [0, 0.1) is 11.3 Å². The van der Waals surface area contributed by atoms with Crippen LogP contribution < -0.4 is 5.32 Å². The van der Waals surface area contributed by atoms with Crippen LogP contribution in [0.15, 0.2) is 0 Å². The van der Waals surface area contributed by atoms with Gasteiger partial charge in [0.1, 0.15) is 0 Å². The molecule has 1 aliphatic rings. The fraction of sp³-hybridized carbons (Fsp3) is 0.857. The van der Waals surface area contributed by atoms with Gasteiger partial charge < -0.3 is 10.4 Å². The first-order valence-corrected chi connectivity index (χ1v) is 6.83. The highest BCUT2D eigenvalue weighted by atomic mass is 16.4. The van der Waals surface area contributed by atoms with Crippen molar-refractivity contribution in [3.8, 4) is 0 Å². The van der Waals surface area contributed by atoms with Crippen molar-refractivity contribution >= 4 is 11.9 Å². The number of carbonyl (C=O) groups is 2. The van der Waals surface area contributed by atoms with Crippen LogP contribution in [0.4, 0.5) is 0 Å². The smallest absolute Gasteiger partial charge is 0.303 e. The molecule has 0 heterocycles. The number of hydrogen-bond donors (Lipinski definition) is 2. The van der Waals surface area contributed by atoms with E-state index in [4.69, 9.17) is 5.11 Å². The maximum absolute atomic E-state index is 11.9. The highest BCUT2D eigenvalue weighted by molar-refractivity contribution is 5.78. The third-order valence-corrected chi connectivity index (χ3v) is 3.44. The third-order valence-electron chi connectivity index (χ3n) is 3.44. The van der Waals surface area contributed by atoms with E-state index in [1.54, 1.807) is 0 Å². The molecule has 1 atom stereocenters. The van der Waals surface area contributed by atoms with E-state index in [0.29, 0.717) is 0 Å². The van der Waals surface area contributed by atoms with Gasteiger partial charge in [0.15, 0.2) is 0 Å². The minimum atomic E-state index is -0.849. The van der Waals surface area contributed by atoms with Gasteiger partial charge in [-0.05, 0) is 24.2 Å². The van der Waals surface area contributed by atoms with Gasteiger partial charge in [0.25, 0.3) is 0 Å². The molecule has 1 unspecified atom stereocenters. The van der Waals surface area contributed by atoms with Crippen LogP contribution in [0.5, 0.6) is 0 Å². The molecule has 0 saturated heterocycles. The fourth-order valence-electron chi connectivity index (χ4n) is 2.27. The Bertz CT molecular complexity index is 308. The summed E-state index contributed by atoms with van der Waals surface area (Å²) >= 11 is 0. The van der Waals surface area contributed by atoms with Gasteiger partial charge in [-0.1, -0.05) is 33.6 Å². The Morgan fingerprint density at radius 1 is 1.33 bits per heavy atom. The monoisotopic (exact) mass is 255 g/mol. The van der Waals surface area contributed by atoms with E-state index in [9.17, 15) is 9.59 Å². The van der Waals surface area contributed by atoms with Crippen LogP contribution >= 0.6 is 0 Å². The molecule has 18 heavy (non-hydrogen) atoms. The van der Waals surface area contributed by atoms with Gasteiger partial charge in [0, 0.05) is 12.5 Å². The summed E-state index contributed by atoms with van der Waals surface area (Å²) in [6.07, 6.45) is 4.90. The van der Waals surface area contributed by atoms with Crippen molar-refractivity contribution in [2.75, 3.05) is 0 Å². The zero-order valence-electron chi connectivity index (χ0n) is 11.7. The van der Waals surface area contributed by atoms with Crippen molar-refractivity contribution in [2.24, 2.45) is 11.3 Å². The molecular formula is C14H25NO3. The van der Waals surface area contributed by atoms with E-state index >= 15 is 0 Å². The molecule has 1 amide bonds. The molecule has 0 aliphatic heterocycles. The van der Waals surface area contributed by atoms with Crippen molar-refractivity contribution in [1.29, 1.82) is 0 Å². The highest BCUT2D eigenvalue weighted by Crippen LogP contribution is 2.34. The summed E-state index contributed by atoms with van der Waals surface area (Å²) in [5.74, 6) is -0.0751. The molecule has 0 aromatic rings. The van der Waals surface area contributed by atoms with E-state index in [-0.39, 0.29) is 24.8 Å². The summed E-state index contributed by atoms with van der Waals surface area (Å²) in [5, 5.41) is 11.8. The lowest BCUT2D eigenvalue weighted by Gasteiger charge is -2.24. The van der Waals surface area contributed by atoms with Crippen LogP contribution in [-0.4, -0.2) is 23.0 Å². The second-order valence-electron chi connectivity index (χ2n) is 6.26. The summed E-state index contributed by atoms with van der Waals surface area (Å²) in [6.45, 7) is 5.72. The summed E-state index contributed by atoms with van der Waals surface area (Å²) in [4.78, 5) is 22.6. The van der Waals surface area contributed by atoms with Gasteiger partial charge >= 0.3 is 5.97 Å². The zero-order chi connectivity index (χ0) is 13.8. The molecule has 4 heteroatoms. The lowest BCUT2D eigenvalue weighted by molar-refractivity contribution is -0.139. The first-order chi connectivity index (χ1) is 8.32. The Balaban J connectivity index is 2.36. The Labute approximate surface area is 109 Å². The maximum atomic E-state index is 11.9. The van der Waals surface area contributed by atoms with Crippen LogP contribution in [0.2, 0.25) is 0 Å². The number of carboxylic acids is 1. The molecule has 1 rings (SSSR count). The number of amides is 1. The standard InChI is InChI=1S/C14H25NO3/c1-4-11(7-10-5-6-10)15-12(16)8-14(2,3)9-13(17)18/h10-11H,4-9H2,1-3H3,(H,15,16)(H,17,18). The van der Waals surface area contributed by atoms with E-state index in [0.717, 1.165) is 18.8 Å². The Morgan fingerprint density at radius 3 is 2.39 bits per heavy atom. The molecule has 104 valence electrons. The molecule has 1 fully saturated rings. The average Bonchev–Trinajstić information content (AvgIpc) is 2.97. The van der Waals surface area contributed by atoms with Crippen LogP contribution in [0.25, 0.3) is 0 Å². The zero-order valence-corrected chi connectivity index (χ0v) is 11.7. The van der Waals surface area contributed by atoms with Gasteiger partial charge in [-0.25, -0.2) is 0 Å². The summed E-state index contributed by atoms with van der Waals surface area (Å²) < 4.78 is 0. The molecule has 1 aliphatic carbocycles. The van der Waals surface area contributed by atoms with Crippen molar-refractivity contribution in [2.45, 2.75) is 65.3 Å². The Morgan fingerprint density at radius 2 is 1.94 bits per heavy atom. The largest absolute Gasteiger partial charge is 0.481 e. The molecule has 1 saturated carbocycles. The summed E-state index contributed by atoms with van der Waals surface area (Å²) in [6, 6.07) is 0.255. The molecular weight excluding hydrogens is 230 g/mol. The van der Waals surface area contributed by atoms with Gasteiger partial charge in [-0.3, -0.25) is 9.59 Å². The second-order valence-corrected chi connectivity index (χ2v) is 6.26. The van der Waals surface area contributed by atoms with Crippen molar-refractivity contribution in [1.82, 2.24) is 5.32 Å². The topological polar surface area (TPSA) is 66.4 Å². The molecule has 4 nitrogen and oxygen atoms in total. The molecule has 0 spiro atoms. The number of aliphatic carboxylic acids is 1. The predicted octanol–water partition coefficient (Wildman–Crippen LogP) is 2.57. The molecule has 0 aromatic heterocycles. The van der Waals surface area contributed by atoms with E-state index < -0.39 is 11.4 Å². The van der Waals surface area contributed by atoms with Crippen LogP contribution in [0.3, 0.4) is 0 Å². The van der Waals surface area contributed by atoms with Crippen molar-refractivity contribution in [3.05, 3.63) is 0 Å². The quantitative estimate of drug-likeness (QED) is 0.700. The number of nitrogens with one attached hydrogen (secondary N) is 1. The SMILES string of the molecule is CCC(CC1CC1)NC(=O)CC(C)(C)CC(=O)O. The number of carboxylic acid groups (broad SMARTS) is 1. The molecule has 0 radical (unpaired) electrons. The fourth-order valence-corrected chi connectivity index (χ4v) is 2.27. The minimum absolute atomic E-state index is 0.0197. The lowest BCUT2D eigenvalue weighted by Crippen LogP contribution is -2.37. The maximum Gasteiger partial charge on any atom is 0.303 e. The van der Waals surface area contributed by atoms with E-state index in [1.807, 2.05) is 13.8 Å². The second kappa shape index (κ2) is 6.21. The normalized spacial score (nSPS) is 17.3. The number of hydrogen-bond acceptors (Lipinski definition) is 2. The molecule has 0 aromatic carbocycles. The summed E-state index contributed by atoms with van der Waals surface area (Å²) in [7, 11) is 0. The highest BCUT2D eigenvalue weighted by Gasteiger charge is 2.28. The predicted molar refractivity (Wildman–Crippen MR) is 70.2 cm³/mol. The average molecular weight is 255 g/mol. The number of rotatable bonds is 8. The first kappa shape index (κ1) is 15.0. The van der Waals surface area contributed by atoms with E-state index in [2.05, 4.69) is 12.2 Å². The molecule has 2 N–H and O–H groups in total. The lowest BCUT2D eigenvalue weighted by atomic mass is 9.85. The first-order valence-electron chi connectivity index (χ1n) is 6.83. The van der Waals surface area contributed by atoms with Gasteiger partial charge in [-0.2, -0.15) is 0 Å². The van der Waals surface area contributed by atoms with Gasteiger partial charge in [0.05, 0.1) is 6.42 Å². The van der Waals surface area contributed by atoms with Crippen LogP contribution in [0.1, 0.15) is 59.3 Å². The Hall–Kier alpha value is -1.06.